The number of hydrogen-bond donors (Lipinski definition) is 1. The minimum absolute atomic E-state index is 0.0671. The van der Waals surface area contributed by atoms with Gasteiger partial charge >= 0.3 is 6.09 Å². The minimum atomic E-state index is -0.693. The van der Waals surface area contributed by atoms with Gasteiger partial charge in [-0.25, -0.2) is 4.79 Å². The van der Waals surface area contributed by atoms with Gasteiger partial charge < -0.3 is 15.2 Å². The molecule has 2 rings (SSSR count). The highest BCUT2D eigenvalue weighted by molar-refractivity contribution is 5.65. The van der Waals surface area contributed by atoms with Crippen LogP contribution in [0.3, 0.4) is 0 Å². The molecule has 0 spiro atoms. The van der Waals surface area contributed by atoms with Crippen LogP contribution >= 0.6 is 0 Å². The fraction of sp³-hybridized carbons (Fsp3) is 0.833. The van der Waals surface area contributed by atoms with Gasteiger partial charge in [0.2, 0.25) is 0 Å². The number of ether oxygens (including phenoxy) is 2. The van der Waals surface area contributed by atoms with Gasteiger partial charge in [0.25, 0.3) is 0 Å². The van der Waals surface area contributed by atoms with Crippen molar-refractivity contribution in [1.82, 2.24) is 0 Å². The second kappa shape index (κ2) is 1.85. The summed E-state index contributed by atoms with van der Waals surface area (Å²) in [6, 6.07) is 0. The summed E-state index contributed by atoms with van der Waals surface area (Å²) >= 11 is 0. The van der Waals surface area contributed by atoms with Gasteiger partial charge in [-0.2, -0.15) is 0 Å². The normalized spacial score (nSPS) is 42.6. The molecule has 56 valence electrons. The topological polar surface area (TPSA) is 64.9 Å². The zero-order valence-corrected chi connectivity index (χ0v) is 5.45. The summed E-state index contributed by atoms with van der Waals surface area (Å²) in [4.78, 5) is 10.3. The van der Waals surface area contributed by atoms with E-state index in [2.05, 4.69) is 0 Å². The quantitative estimate of drug-likeness (QED) is 0.526. The van der Waals surface area contributed by atoms with E-state index in [-0.39, 0.29) is 12.2 Å². The number of hydrogen-bond acceptors (Lipinski definition) is 3. The molecule has 1 heterocycles. The Morgan fingerprint density at radius 3 is 2.80 bits per heavy atom. The van der Waals surface area contributed by atoms with E-state index in [1.807, 2.05) is 0 Å². The maximum atomic E-state index is 10.3. The van der Waals surface area contributed by atoms with Gasteiger partial charge in [0.05, 0.1) is 6.10 Å². The Balaban J connectivity index is 1.88. The van der Waals surface area contributed by atoms with Crippen molar-refractivity contribution < 1.29 is 14.3 Å². The molecule has 0 aromatic rings. The lowest BCUT2D eigenvalue weighted by atomic mass is 10.3. The molecule has 0 bridgehead atoms. The van der Waals surface area contributed by atoms with E-state index in [9.17, 15) is 4.79 Å². The Kier molecular flexibility index (Phi) is 1.11. The first kappa shape index (κ1) is 5.97. The lowest BCUT2D eigenvalue weighted by Gasteiger charge is -2.08. The number of carbonyl (C=O) groups is 1. The molecule has 1 saturated heterocycles. The van der Waals surface area contributed by atoms with E-state index >= 15 is 0 Å². The van der Waals surface area contributed by atoms with Crippen LogP contribution in [0.15, 0.2) is 0 Å². The first-order valence-corrected chi connectivity index (χ1v) is 3.39. The van der Waals surface area contributed by atoms with E-state index in [0.29, 0.717) is 6.10 Å². The molecule has 1 aliphatic heterocycles. The fourth-order valence-corrected chi connectivity index (χ4v) is 1.48. The monoisotopic (exact) mass is 143 g/mol. The first-order chi connectivity index (χ1) is 4.77. The maximum Gasteiger partial charge on any atom is 0.404 e. The van der Waals surface area contributed by atoms with Crippen LogP contribution in [0.2, 0.25) is 0 Å². The smallest absolute Gasteiger partial charge is 0.404 e. The van der Waals surface area contributed by atoms with E-state index in [4.69, 9.17) is 15.2 Å². The molecular weight excluding hydrogens is 134 g/mol. The predicted molar refractivity (Wildman–Crippen MR) is 32.4 cm³/mol. The van der Waals surface area contributed by atoms with Crippen LogP contribution in [0.1, 0.15) is 12.8 Å². The maximum absolute atomic E-state index is 10.3. The van der Waals surface area contributed by atoms with Crippen LogP contribution < -0.4 is 5.73 Å². The molecule has 3 atom stereocenters. The van der Waals surface area contributed by atoms with Crippen molar-refractivity contribution in [2.75, 3.05) is 0 Å². The van der Waals surface area contributed by atoms with Crippen LogP contribution in [0.25, 0.3) is 0 Å². The standard InChI is InChI=1S/C6H9NO3/c7-6(8)10-4-2-1-3-5(4)9-3/h3-5H,1-2H2,(H2,7,8). The molecule has 1 amide bonds. The molecule has 1 saturated carbocycles. The number of carbonyl (C=O) groups excluding carboxylic acids is 1. The predicted octanol–water partition coefficient (Wildman–Crippen LogP) is 0.0115. The lowest BCUT2D eigenvalue weighted by molar-refractivity contribution is 0.0788. The van der Waals surface area contributed by atoms with E-state index < -0.39 is 6.09 Å². The molecule has 0 radical (unpaired) electrons. The molecule has 0 aromatic carbocycles. The highest BCUT2D eigenvalue weighted by atomic mass is 16.6. The van der Waals surface area contributed by atoms with Crippen LogP contribution in [-0.2, 0) is 9.47 Å². The van der Waals surface area contributed by atoms with Crippen LogP contribution in [-0.4, -0.2) is 24.4 Å². The van der Waals surface area contributed by atoms with Crippen LogP contribution in [0, 0.1) is 0 Å². The van der Waals surface area contributed by atoms with Crippen molar-refractivity contribution in [3.8, 4) is 0 Å². The Hall–Kier alpha value is -0.770. The molecule has 2 aliphatic rings. The third kappa shape index (κ3) is 0.844. The summed E-state index contributed by atoms with van der Waals surface area (Å²) in [6.45, 7) is 0. The van der Waals surface area contributed by atoms with Gasteiger partial charge in [-0.3, -0.25) is 0 Å². The summed E-state index contributed by atoms with van der Waals surface area (Å²) in [5.74, 6) is 0. The van der Waals surface area contributed by atoms with Gasteiger partial charge in [-0.15, -0.1) is 0 Å². The van der Waals surface area contributed by atoms with E-state index in [1.165, 1.54) is 0 Å². The Morgan fingerprint density at radius 2 is 2.40 bits per heavy atom. The number of nitrogens with two attached hydrogens (primary N) is 1. The lowest BCUT2D eigenvalue weighted by Crippen LogP contribution is -2.24. The Morgan fingerprint density at radius 1 is 1.60 bits per heavy atom. The van der Waals surface area contributed by atoms with Crippen molar-refractivity contribution in [2.45, 2.75) is 31.2 Å². The summed E-state index contributed by atoms with van der Waals surface area (Å²) in [6.07, 6.45) is 1.65. The first-order valence-electron chi connectivity index (χ1n) is 3.39. The van der Waals surface area contributed by atoms with Crippen LogP contribution in [0.5, 0.6) is 0 Å². The highest BCUT2D eigenvalue weighted by Crippen LogP contribution is 2.40. The molecule has 2 N–H and O–H groups in total. The van der Waals surface area contributed by atoms with Crippen molar-refractivity contribution in [3.05, 3.63) is 0 Å². The number of fused-ring (bicyclic) bond motifs is 1. The molecule has 4 nitrogen and oxygen atoms in total. The summed E-state index contributed by atoms with van der Waals surface area (Å²) in [5, 5.41) is 0. The summed E-state index contributed by atoms with van der Waals surface area (Å²) in [5.41, 5.74) is 4.84. The van der Waals surface area contributed by atoms with Gasteiger partial charge in [0, 0.05) is 0 Å². The zero-order chi connectivity index (χ0) is 7.14. The molecule has 2 fully saturated rings. The SMILES string of the molecule is NC(=O)OC1CCC2OC12. The largest absolute Gasteiger partial charge is 0.444 e. The summed E-state index contributed by atoms with van der Waals surface area (Å²) < 4.78 is 9.91. The molecule has 4 heteroatoms. The highest BCUT2D eigenvalue weighted by Gasteiger charge is 2.52. The van der Waals surface area contributed by atoms with Crippen molar-refractivity contribution in [1.29, 1.82) is 0 Å². The molecular formula is C6H9NO3. The Bertz CT molecular complexity index is 170. The van der Waals surface area contributed by atoms with Crippen molar-refractivity contribution >= 4 is 6.09 Å². The van der Waals surface area contributed by atoms with Gasteiger partial charge in [0.15, 0.2) is 0 Å². The number of amides is 1. The second-order valence-electron chi connectivity index (χ2n) is 2.69. The molecule has 3 unspecified atom stereocenters. The third-order valence-electron chi connectivity index (χ3n) is 1.99. The average Bonchev–Trinajstić information content (AvgIpc) is 2.52. The second-order valence-corrected chi connectivity index (χ2v) is 2.69. The van der Waals surface area contributed by atoms with E-state index in [0.717, 1.165) is 12.8 Å². The number of epoxide rings is 1. The molecule has 10 heavy (non-hydrogen) atoms. The van der Waals surface area contributed by atoms with Crippen molar-refractivity contribution in [2.24, 2.45) is 5.73 Å². The average molecular weight is 143 g/mol. The third-order valence-corrected chi connectivity index (χ3v) is 1.99. The number of primary amides is 1. The summed E-state index contributed by atoms with van der Waals surface area (Å²) in [7, 11) is 0. The molecule has 0 aromatic heterocycles. The van der Waals surface area contributed by atoms with E-state index in [1.54, 1.807) is 0 Å². The van der Waals surface area contributed by atoms with Crippen molar-refractivity contribution in [3.63, 3.8) is 0 Å². The van der Waals surface area contributed by atoms with Gasteiger partial charge in [-0.05, 0) is 12.8 Å². The zero-order valence-electron chi connectivity index (χ0n) is 5.45. The Labute approximate surface area is 58.3 Å². The minimum Gasteiger partial charge on any atom is -0.444 e. The number of rotatable bonds is 1. The van der Waals surface area contributed by atoms with Gasteiger partial charge in [0.1, 0.15) is 12.2 Å². The molecule has 1 aliphatic carbocycles. The van der Waals surface area contributed by atoms with Crippen LogP contribution in [0.4, 0.5) is 4.79 Å². The fourth-order valence-electron chi connectivity index (χ4n) is 1.48. The van der Waals surface area contributed by atoms with Gasteiger partial charge in [-0.1, -0.05) is 0 Å².